The smallest absolute Gasteiger partial charge is 0.117 e. The maximum absolute atomic E-state index is 5.79. The van der Waals surface area contributed by atoms with Crippen LogP contribution in [0.4, 0.5) is 0 Å². The molecule has 0 saturated heterocycles. The third-order valence-electron chi connectivity index (χ3n) is 3.67. The van der Waals surface area contributed by atoms with E-state index in [1.165, 1.54) is 25.0 Å². The summed E-state index contributed by atoms with van der Waals surface area (Å²) >= 11 is 0. The molecule has 0 spiro atoms. The first kappa shape index (κ1) is 29.0. The molecule has 2 heteroatoms. The minimum atomic E-state index is 0.744. The second kappa shape index (κ2) is 23.2. The molecule has 0 amide bonds. The largest absolute Gasteiger partial charge is 0.494 e. The molecule has 0 bridgehead atoms. The molecule has 0 aliphatic heterocycles. The number of rotatable bonds is 12. The molecule has 0 unspecified atom stereocenters. The van der Waals surface area contributed by atoms with Crippen molar-refractivity contribution >= 4 is 0 Å². The Morgan fingerprint density at radius 2 is 1.52 bits per heavy atom. The lowest BCUT2D eigenvalue weighted by atomic mass is 10.1. The van der Waals surface area contributed by atoms with E-state index in [4.69, 9.17) is 4.74 Å². The zero-order valence-electron chi connectivity index (χ0n) is 19.2. The summed E-state index contributed by atoms with van der Waals surface area (Å²) in [6.45, 7) is 25.5. The molecule has 0 aliphatic carbocycles. The predicted octanol–water partition coefficient (Wildman–Crippen LogP) is 7.46. The quantitative estimate of drug-likeness (QED) is 0.266. The summed E-state index contributed by atoms with van der Waals surface area (Å²) in [6, 6.07) is 0. The molecule has 2 nitrogen and oxygen atoms in total. The molecule has 0 heterocycles. The summed E-state index contributed by atoms with van der Waals surface area (Å²) < 4.78 is 5.79. The molecular weight excluding hydrogens is 306 g/mol. The van der Waals surface area contributed by atoms with Gasteiger partial charge in [-0.1, -0.05) is 67.9 Å². The molecule has 152 valence electrons. The van der Waals surface area contributed by atoms with Crippen LogP contribution >= 0.6 is 0 Å². The summed E-state index contributed by atoms with van der Waals surface area (Å²) in [5.74, 6) is 1.86. The van der Waals surface area contributed by atoms with Gasteiger partial charge in [-0.3, -0.25) is 0 Å². The SMILES string of the molecule is CC.CC.CCC/C=C(C)\C(=C/CCN(CC)CCC(C)C)OCC. The predicted molar refractivity (Wildman–Crippen MR) is 117 cm³/mol. The summed E-state index contributed by atoms with van der Waals surface area (Å²) in [4.78, 5) is 2.53. The van der Waals surface area contributed by atoms with Gasteiger partial charge in [-0.15, -0.1) is 0 Å². The van der Waals surface area contributed by atoms with Gasteiger partial charge in [0.05, 0.1) is 6.61 Å². The topological polar surface area (TPSA) is 12.5 Å². The Bertz CT molecular complexity index is 305. The van der Waals surface area contributed by atoms with Crippen LogP contribution in [0.2, 0.25) is 0 Å². The molecule has 0 aromatic rings. The molecule has 0 aromatic carbocycles. The fourth-order valence-electron chi connectivity index (χ4n) is 2.20. The summed E-state index contributed by atoms with van der Waals surface area (Å²) in [5.41, 5.74) is 1.28. The fourth-order valence-corrected chi connectivity index (χ4v) is 2.20. The minimum Gasteiger partial charge on any atom is -0.494 e. The van der Waals surface area contributed by atoms with Gasteiger partial charge in [-0.25, -0.2) is 0 Å². The van der Waals surface area contributed by atoms with Crippen LogP contribution in [0.25, 0.3) is 0 Å². The number of allylic oxidation sites excluding steroid dienone is 2. The second-order valence-corrected chi connectivity index (χ2v) is 6.08. The Labute approximate surface area is 160 Å². The van der Waals surface area contributed by atoms with Crippen LogP contribution < -0.4 is 0 Å². The molecule has 0 rings (SSSR count). The van der Waals surface area contributed by atoms with Crippen LogP contribution in [0.15, 0.2) is 23.5 Å². The standard InChI is InChI=1S/C19H37NO.2C2H6/c1-7-10-12-18(6)19(21-9-3)13-11-15-20(8-2)16-14-17(4)5;2*1-2/h12-13,17H,7-11,14-16H2,1-6H3;2*1-2H3/b18-12-,19-13+;;. The van der Waals surface area contributed by atoms with Gasteiger partial charge in [0.15, 0.2) is 0 Å². The molecule has 0 radical (unpaired) electrons. The fraction of sp³-hybridized carbons (Fsp3) is 0.826. The summed E-state index contributed by atoms with van der Waals surface area (Å²) in [6.07, 6.45) is 9.23. The van der Waals surface area contributed by atoms with Gasteiger partial charge in [-0.2, -0.15) is 0 Å². The van der Waals surface area contributed by atoms with Crippen molar-refractivity contribution in [3.05, 3.63) is 23.5 Å². The maximum atomic E-state index is 5.79. The van der Waals surface area contributed by atoms with E-state index in [1.807, 2.05) is 27.7 Å². The zero-order valence-corrected chi connectivity index (χ0v) is 19.2. The highest BCUT2D eigenvalue weighted by atomic mass is 16.5. The number of nitrogens with zero attached hydrogens (tertiary/aromatic N) is 1. The molecule has 25 heavy (non-hydrogen) atoms. The van der Waals surface area contributed by atoms with Crippen molar-refractivity contribution in [1.29, 1.82) is 0 Å². The van der Waals surface area contributed by atoms with Gasteiger partial charge < -0.3 is 9.64 Å². The number of ether oxygens (including phenoxy) is 1. The molecular formula is C23H49NO. The van der Waals surface area contributed by atoms with Crippen molar-refractivity contribution in [1.82, 2.24) is 4.90 Å². The Kier molecular flexibility index (Phi) is 27.0. The highest BCUT2D eigenvalue weighted by Crippen LogP contribution is 2.14. The van der Waals surface area contributed by atoms with Gasteiger partial charge in [0, 0.05) is 6.54 Å². The lowest BCUT2D eigenvalue weighted by molar-refractivity contribution is 0.233. The second-order valence-electron chi connectivity index (χ2n) is 6.08. The van der Waals surface area contributed by atoms with Crippen molar-refractivity contribution in [2.45, 2.75) is 94.9 Å². The minimum absolute atomic E-state index is 0.744. The Hall–Kier alpha value is -0.760. The van der Waals surface area contributed by atoms with E-state index in [9.17, 15) is 0 Å². The van der Waals surface area contributed by atoms with Crippen LogP contribution in [-0.2, 0) is 4.74 Å². The van der Waals surface area contributed by atoms with E-state index in [-0.39, 0.29) is 0 Å². The molecule has 0 saturated carbocycles. The van der Waals surface area contributed by atoms with E-state index < -0.39 is 0 Å². The third kappa shape index (κ3) is 19.4. The van der Waals surface area contributed by atoms with Crippen LogP contribution in [0, 0.1) is 5.92 Å². The summed E-state index contributed by atoms with van der Waals surface area (Å²) in [5, 5.41) is 0. The van der Waals surface area contributed by atoms with Crippen molar-refractivity contribution in [3.8, 4) is 0 Å². The number of hydrogen-bond acceptors (Lipinski definition) is 2. The van der Waals surface area contributed by atoms with E-state index >= 15 is 0 Å². The molecule has 0 fully saturated rings. The van der Waals surface area contributed by atoms with E-state index in [1.54, 1.807) is 0 Å². The monoisotopic (exact) mass is 355 g/mol. The van der Waals surface area contributed by atoms with Crippen molar-refractivity contribution in [2.24, 2.45) is 5.92 Å². The molecule has 0 N–H and O–H groups in total. The van der Waals surface area contributed by atoms with Crippen LogP contribution in [0.3, 0.4) is 0 Å². The first-order valence-electron chi connectivity index (χ1n) is 10.8. The highest BCUT2D eigenvalue weighted by molar-refractivity contribution is 5.23. The number of hydrogen-bond donors (Lipinski definition) is 0. The van der Waals surface area contributed by atoms with E-state index in [0.717, 1.165) is 44.2 Å². The number of unbranched alkanes of at least 4 members (excludes halogenated alkanes) is 1. The summed E-state index contributed by atoms with van der Waals surface area (Å²) in [7, 11) is 0. The first-order valence-corrected chi connectivity index (χ1v) is 10.8. The average molecular weight is 356 g/mol. The van der Waals surface area contributed by atoms with E-state index in [0.29, 0.717) is 0 Å². The molecule has 0 aliphatic rings. The highest BCUT2D eigenvalue weighted by Gasteiger charge is 2.04. The van der Waals surface area contributed by atoms with Crippen LogP contribution in [0.1, 0.15) is 94.9 Å². The van der Waals surface area contributed by atoms with Gasteiger partial charge in [0.2, 0.25) is 0 Å². The Morgan fingerprint density at radius 1 is 0.920 bits per heavy atom. The van der Waals surface area contributed by atoms with Crippen LogP contribution in [0.5, 0.6) is 0 Å². The van der Waals surface area contributed by atoms with E-state index in [2.05, 4.69) is 58.6 Å². The van der Waals surface area contributed by atoms with Gasteiger partial charge in [-0.05, 0) is 63.8 Å². The van der Waals surface area contributed by atoms with Crippen molar-refractivity contribution < 1.29 is 4.74 Å². The Morgan fingerprint density at radius 3 is 1.96 bits per heavy atom. The third-order valence-corrected chi connectivity index (χ3v) is 3.67. The lowest BCUT2D eigenvalue weighted by Gasteiger charge is -2.21. The maximum Gasteiger partial charge on any atom is 0.117 e. The average Bonchev–Trinajstić information content (AvgIpc) is 2.64. The van der Waals surface area contributed by atoms with Crippen molar-refractivity contribution in [3.63, 3.8) is 0 Å². The Balaban J connectivity index is -0.00000112. The van der Waals surface area contributed by atoms with Crippen LogP contribution in [-0.4, -0.2) is 31.1 Å². The first-order chi connectivity index (χ1) is 12.0. The lowest BCUT2D eigenvalue weighted by Crippen LogP contribution is -2.26. The van der Waals surface area contributed by atoms with Gasteiger partial charge >= 0.3 is 0 Å². The normalized spacial score (nSPS) is 11.7. The van der Waals surface area contributed by atoms with Gasteiger partial charge in [0.1, 0.15) is 5.76 Å². The zero-order chi connectivity index (χ0) is 20.1. The molecule has 0 aromatic heterocycles. The van der Waals surface area contributed by atoms with Gasteiger partial charge in [0.25, 0.3) is 0 Å². The van der Waals surface area contributed by atoms with Crippen molar-refractivity contribution in [2.75, 3.05) is 26.2 Å². The molecule has 0 atom stereocenters.